The van der Waals surface area contributed by atoms with Gasteiger partial charge < -0.3 is 5.32 Å². The van der Waals surface area contributed by atoms with Crippen LogP contribution in [-0.2, 0) is 0 Å². The van der Waals surface area contributed by atoms with E-state index in [4.69, 9.17) is 0 Å². The van der Waals surface area contributed by atoms with E-state index in [0.717, 1.165) is 29.7 Å². The van der Waals surface area contributed by atoms with Gasteiger partial charge in [-0.1, -0.05) is 65.7 Å². The van der Waals surface area contributed by atoms with Gasteiger partial charge in [-0.25, -0.2) is 0 Å². The highest BCUT2D eigenvalue weighted by Crippen LogP contribution is 2.40. The Labute approximate surface area is 133 Å². The third-order valence-corrected chi connectivity index (χ3v) is 6.09. The summed E-state index contributed by atoms with van der Waals surface area (Å²) in [7, 11) is 0. The predicted octanol–water partition coefficient (Wildman–Crippen LogP) is 5.79. The molecule has 2 aliphatic rings. The maximum atomic E-state index is 3.88. The van der Waals surface area contributed by atoms with Gasteiger partial charge in [0.1, 0.15) is 0 Å². The van der Waals surface area contributed by atoms with Crippen LogP contribution < -0.4 is 5.32 Å². The lowest BCUT2D eigenvalue weighted by molar-refractivity contribution is 0.143. The third kappa shape index (κ3) is 6.30. The fourth-order valence-corrected chi connectivity index (χ4v) is 4.61. The average Bonchev–Trinajstić information content (AvgIpc) is 2.47. The Bertz CT molecular complexity index is 273. The van der Waals surface area contributed by atoms with Crippen LogP contribution in [0.3, 0.4) is 0 Å². The van der Waals surface area contributed by atoms with E-state index in [1.54, 1.807) is 0 Å². The molecular formula is C20H39N. The molecule has 4 unspecified atom stereocenters. The SMILES string of the molecule is CC(C)CCCC(C)CCNC1CCC2CCCCC2C1. The average molecular weight is 294 g/mol. The minimum absolute atomic E-state index is 0.840. The molecular weight excluding hydrogens is 254 g/mol. The van der Waals surface area contributed by atoms with Gasteiger partial charge in [-0.2, -0.15) is 0 Å². The Morgan fingerprint density at radius 2 is 1.62 bits per heavy atom. The molecule has 0 radical (unpaired) electrons. The van der Waals surface area contributed by atoms with E-state index in [9.17, 15) is 0 Å². The van der Waals surface area contributed by atoms with Crippen molar-refractivity contribution < 1.29 is 0 Å². The number of fused-ring (bicyclic) bond motifs is 1. The van der Waals surface area contributed by atoms with Gasteiger partial charge in [-0.15, -0.1) is 0 Å². The lowest BCUT2D eigenvalue weighted by Gasteiger charge is -2.39. The van der Waals surface area contributed by atoms with Crippen molar-refractivity contribution in [2.75, 3.05) is 6.54 Å². The summed E-state index contributed by atoms with van der Waals surface area (Å²) in [6.07, 6.45) is 16.1. The molecule has 2 aliphatic carbocycles. The first-order chi connectivity index (χ1) is 10.1. The second-order valence-electron chi connectivity index (χ2n) is 8.49. The van der Waals surface area contributed by atoms with E-state index in [1.807, 2.05) is 0 Å². The van der Waals surface area contributed by atoms with Crippen LogP contribution in [0.4, 0.5) is 0 Å². The summed E-state index contributed by atoms with van der Waals surface area (Å²) >= 11 is 0. The molecule has 0 aromatic rings. The summed E-state index contributed by atoms with van der Waals surface area (Å²) in [4.78, 5) is 0. The first-order valence-electron chi connectivity index (χ1n) is 9.88. The minimum atomic E-state index is 0.840. The van der Waals surface area contributed by atoms with Gasteiger partial charge in [0.15, 0.2) is 0 Å². The van der Waals surface area contributed by atoms with Crippen molar-refractivity contribution in [3.05, 3.63) is 0 Å². The molecule has 0 saturated heterocycles. The highest BCUT2D eigenvalue weighted by atomic mass is 14.9. The lowest BCUT2D eigenvalue weighted by Crippen LogP contribution is -2.39. The van der Waals surface area contributed by atoms with Crippen LogP contribution in [0.1, 0.15) is 91.4 Å². The van der Waals surface area contributed by atoms with Crippen molar-refractivity contribution in [2.45, 2.75) is 97.4 Å². The van der Waals surface area contributed by atoms with Crippen LogP contribution in [0.25, 0.3) is 0 Å². The van der Waals surface area contributed by atoms with Crippen molar-refractivity contribution in [3.8, 4) is 0 Å². The van der Waals surface area contributed by atoms with Gasteiger partial charge in [0, 0.05) is 6.04 Å². The fourth-order valence-electron chi connectivity index (χ4n) is 4.61. The van der Waals surface area contributed by atoms with E-state index in [0.29, 0.717) is 0 Å². The van der Waals surface area contributed by atoms with Gasteiger partial charge in [-0.3, -0.25) is 0 Å². The van der Waals surface area contributed by atoms with Crippen LogP contribution in [0.5, 0.6) is 0 Å². The summed E-state index contributed by atoms with van der Waals surface area (Å²) in [5, 5.41) is 3.88. The quantitative estimate of drug-likeness (QED) is 0.597. The fraction of sp³-hybridized carbons (Fsp3) is 1.00. The topological polar surface area (TPSA) is 12.0 Å². The Kier molecular flexibility index (Phi) is 7.57. The first-order valence-corrected chi connectivity index (χ1v) is 9.88. The summed E-state index contributed by atoms with van der Waals surface area (Å²) in [5.74, 6) is 3.93. The molecule has 1 nitrogen and oxygen atoms in total. The highest BCUT2D eigenvalue weighted by Gasteiger charge is 2.31. The zero-order valence-corrected chi connectivity index (χ0v) is 14.9. The van der Waals surface area contributed by atoms with Crippen LogP contribution in [0.2, 0.25) is 0 Å². The molecule has 0 bridgehead atoms. The molecule has 2 rings (SSSR count). The Balaban J connectivity index is 1.54. The molecule has 2 fully saturated rings. The Morgan fingerprint density at radius 3 is 2.38 bits per heavy atom. The number of rotatable bonds is 8. The van der Waals surface area contributed by atoms with E-state index in [2.05, 4.69) is 26.1 Å². The van der Waals surface area contributed by atoms with Gasteiger partial charge >= 0.3 is 0 Å². The zero-order valence-electron chi connectivity index (χ0n) is 14.9. The molecule has 0 aromatic heterocycles. The minimum Gasteiger partial charge on any atom is -0.314 e. The summed E-state index contributed by atoms with van der Waals surface area (Å²) in [6, 6.07) is 0.840. The molecule has 2 saturated carbocycles. The third-order valence-electron chi connectivity index (χ3n) is 6.09. The van der Waals surface area contributed by atoms with E-state index >= 15 is 0 Å². The van der Waals surface area contributed by atoms with Crippen molar-refractivity contribution in [2.24, 2.45) is 23.7 Å². The van der Waals surface area contributed by atoms with Crippen molar-refractivity contribution >= 4 is 0 Å². The van der Waals surface area contributed by atoms with Crippen molar-refractivity contribution in [3.63, 3.8) is 0 Å². The molecule has 0 amide bonds. The van der Waals surface area contributed by atoms with Crippen molar-refractivity contribution in [1.29, 1.82) is 0 Å². The second-order valence-corrected chi connectivity index (χ2v) is 8.49. The molecule has 0 heterocycles. The van der Waals surface area contributed by atoms with Gasteiger partial charge in [-0.05, 0) is 55.9 Å². The Morgan fingerprint density at radius 1 is 0.857 bits per heavy atom. The molecule has 0 spiro atoms. The normalized spacial score (nSPS) is 31.1. The molecule has 124 valence electrons. The zero-order chi connectivity index (χ0) is 15.1. The van der Waals surface area contributed by atoms with Crippen LogP contribution in [0.15, 0.2) is 0 Å². The van der Waals surface area contributed by atoms with Crippen LogP contribution >= 0.6 is 0 Å². The maximum absolute atomic E-state index is 3.88. The van der Waals surface area contributed by atoms with E-state index in [-0.39, 0.29) is 0 Å². The summed E-state index contributed by atoms with van der Waals surface area (Å²) < 4.78 is 0. The lowest BCUT2D eigenvalue weighted by atomic mass is 9.69. The monoisotopic (exact) mass is 293 g/mol. The standard InChI is InChI=1S/C20H39N/c1-16(2)7-6-8-17(3)13-14-21-20-12-11-18-9-4-5-10-19(18)15-20/h16-21H,4-15H2,1-3H3. The van der Waals surface area contributed by atoms with Gasteiger partial charge in [0.05, 0.1) is 0 Å². The highest BCUT2D eigenvalue weighted by molar-refractivity contribution is 4.86. The second kappa shape index (κ2) is 9.18. The summed E-state index contributed by atoms with van der Waals surface area (Å²) in [6.45, 7) is 8.38. The molecule has 1 heteroatoms. The molecule has 21 heavy (non-hydrogen) atoms. The van der Waals surface area contributed by atoms with Gasteiger partial charge in [0.2, 0.25) is 0 Å². The first kappa shape index (κ1) is 17.3. The number of hydrogen-bond acceptors (Lipinski definition) is 1. The van der Waals surface area contributed by atoms with E-state index < -0.39 is 0 Å². The number of nitrogens with one attached hydrogen (secondary N) is 1. The van der Waals surface area contributed by atoms with Gasteiger partial charge in [0.25, 0.3) is 0 Å². The Hall–Kier alpha value is -0.0400. The predicted molar refractivity (Wildman–Crippen MR) is 93.6 cm³/mol. The molecule has 4 atom stereocenters. The van der Waals surface area contributed by atoms with Crippen molar-refractivity contribution in [1.82, 2.24) is 5.32 Å². The van der Waals surface area contributed by atoms with E-state index in [1.165, 1.54) is 77.2 Å². The largest absolute Gasteiger partial charge is 0.314 e. The number of hydrogen-bond donors (Lipinski definition) is 1. The smallest absolute Gasteiger partial charge is 0.00699 e. The molecule has 0 aliphatic heterocycles. The van der Waals surface area contributed by atoms with Crippen LogP contribution in [-0.4, -0.2) is 12.6 Å². The molecule has 0 aromatic carbocycles. The molecule has 1 N–H and O–H groups in total. The van der Waals surface area contributed by atoms with Crippen LogP contribution in [0, 0.1) is 23.7 Å². The maximum Gasteiger partial charge on any atom is 0.00699 e. The summed E-state index contributed by atoms with van der Waals surface area (Å²) in [5.41, 5.74) is 0.